The smallest absolute Gasteiger partial charge is 0.164 e. The molecule has 0 amide bonds. The summed E-state index contributed by atoms with van der Waals surface area (Å²) in [5.41, 5.74) is 11.7. The predicted molar refractivity (Wildman–Crippen MR) is 57.2 cm³/mol. The van der Waals surface area contributed by atoms with Crippen molar-refractivity contribution in [1.29, 1.82) is 0 Å². The summed E-state index contributed by atoms with van der Waals surface area (Å²) < 4.78 is 10.1. The van der Waals surface area contributed by atoms with Crippen LogP contribution in [-0.2, 0) is 0 Å². The van der Waals surface area contributed by atoms with Crippen molar-refractivity contribution in [3.63, 3.8) is 0 Å². The van der Waals surface area contributed by atoms with E-state index in [0.717, 1.165) is 0 Å². The van der Waals surface area contributed by atoms with Crippen molar-refractivity contribution >= 4 is 0 Å². The van der Waals surface area contributed by atoms with Crippen molar-refractivity contribution in [1.82, 2.24) is 0 Å². The summed E-state index contributed by atoms with van der Waals surface area (Å²) in [6, 6.07) is 2.68. The molecule has 0 unspecified atom stereocenters. The highest BCUT2D eigenvalue weighted by molar-refractivity contribution is 5.51. The number of phenolic OH excluding ortho intramolecular Hbond substituents is 1. The lowest BCUT2D eigenvalue weighted by molar-refractivity contribution is 0.349. The quantitative estimate of drug-likeness (QED) is 0.670. The van der Waals surface area contributed by atoms with Crippen molar-refractivity contribution in [3.8, 4) is 17.2 Å². The van der Waals surface area contributed by atoms with E-state index in [0.29, 0.717) is 17.1 Å². The number of benzene rings is 1. The Morgan fingerprint density at radius 1 is 1.27 bits per heavy atom. The monoisotopic (exact) mass is 212 g/mol. The van der Waals surface area contributed by atoms with Gasteiger partial charge in [0.25, 0.3) is 0 Å². The Bertz CT molecular complexity index is 342. The lowest BCUT2D eigenvalue weighted by Gasteiger charge is -2.15. The van der Waals surface area contributed by atoms with Gasteiger partial charge in [-0.3, -0.25) is 0 Å². The minimum Gasteiger partial charge on any atom is -0.507 e. The van der Waals surface area contributed by atoms with Gasteiger partial charge in [-0.2, -0.15) is 0 Å². The Balaban J connectivity index is 3.19. The first kappa shape index (κ1) is 11.6. The molecule has 5 nitrogen and oxygen atoms in total. The van der Waals surface area contributed by atoms with Crippen molar-refractivity contribution in [2.24, 2.45) is 11.5 Å². The average molecular weight is 212 g/mol. The first-order valence-electron chi connectivity index (χ1n) is 4.54. The molecular formula is C10H16N2O3. The SMILES string of the molecule is COc1cc(O)c([C@H](N)CN)cc1OC. The minimum absolute atomic E-state index is 0.0607. The van der Waals surface area contributed by atoms with Gasteiger partial charge in [-0.05, 0) is 6.07 Å². The number of nitrogens with two attached hydrogens (primary N) is 2. The van der Waals surface area contributed by atoms with Crippen LogP contribution in [0.5, 0.6) is 17.2 Å². The third-order valence-corrected chi connectivity index (χ3v) is 2.19. The number of phenols is 1. The molecule has 84 valence electrons. The topological polar surface area (TPSA) is 90.7 Å². The van der Waals surface area contributed by atoms with Crippen molar-refractivity contribution < 1.29 is 14.6 Å². The van der Waals surface area contributed by atoms with Crippen LogP contribution in [0.15, 0.2) is 12.1 Å². The van der Waals surface area contributed by atoms with E-state index >= 15 is 0 Å². The average Bonchev–Trinajstić information content (AvgIpc) is 2.27. The molecule has 0 bridgehead atoms. The van der Waals surface area contributed by atoms with Crippen LogP contribution in [0.1, 0.15) is 11.6 Å². The second-order valence-electron chi connectivity index (χ2n) is 3.11. The molecule has 15 heavy (non-hydrogen) atoms. The lowest BCUT2D eigenvalue weighted by Crippen LogP contribution is -2.20. The first-order valence-corrected chi connectivity index (χ1v) is 4.54. The fourth-order valence-corrected chi connectivity index (χ4v) is 1.31. The van der Waals surface area contributed by atoms with Crippen LogP contribution in [-0.4, -0.2) is 25.9 Å². The van der Waals surface area contributed by atoms with Crippen LogP contribution < -0.4 is 20.9 Å². The van der Waals surface area contributed by atoms with Gasteiger partial charge in [0.05, 0.1) is 14.2 Å². The molecule has 0 aliphatic rings. The summed E-state index contributed by atoms with van der Waals surface area (Å²) >= 11 is 0. The molecule has 5 N–H and O–H groups in total. The zero-order valence-electron chi connectivity index (χ0n) is 8.86. The first-order chi connectivity index (χ1) is 7.13. The van der Waals surface area contributed by atoms with Crippen molar-refractivity contribution in [2.75, 3.05) is 20.8 Å². The van der Waals surface area contributed by atoms with Gasteiger partial charge >= 0.3 is 0 Å². The Morgan fingerprint density at radius 3 is 2.27 bits per heavy atom. The molecule has 1 aromatic carbocycles. The predicted octanol–water partition coefficient (Wildman–Crippen LogP) is 0.368. The van der Waals surface area contributed by atoms with E-state index in [1.54, 1.807) is 6.07 Å². The number of ether oxygens (including phenoxy) is 2. The number of methoxy groups -OCH3 is 2. The van der Waals surface area contributed by atoms with Gasteiger partial charge in [0, 0.05) is 24.2 Å². The summed E-state index contributed by atoms with van der Waals surface area (Å²) in [6.45, 7) is 0.253. The maximum atomic E-state index is 9.67. The number of hydrogen-bond acceptors (Lipinski definition) is 5. The number of hydrogen-bond donors (Lipinski definition) is 3. The summed E-state index contributed by atoms with van der Waals surface area (Å²) in [6.07, 6.45) is 0. The molecule has 5 heteroatoms. The van der Waals surface area contributed by atoms with E-state index in [9.17, 15) is 5.11 Å². The van der Waals surface area contributed by atoms with Gasteiger partial charge in [0.15, 0.2) is 11.5 Å². The molecule has 0 aliphatic carbocycles. The number of aromatic hydroxyl groups is 1. The van der Waals surface area contributed by atoms with Gasteiger partial charge in [-0.1, -0.05) is 0 Å². The van der Waals surface area contributed by atoms with Crippen LogP contribution >= 0.6 is 0 Å². The fourth-order valence-electron chi connectivity index (χ4n) is 1.31. The summed E-state index contributed by atoms with van der Waals surface area (Å²) in [4.78, 5) is 0. The van der Waals surface area contributed by atoms with Crippen LogP contribution in [0.3, 0.4) is 0 Å². The van der Waals surface area contributed by atoms with E-state index in [1.807, 2.05) is 0 Å². The Hall–Kier alpha value is -1.46. The minimum atomic E-state index is -0.412. The largest absolute Gasteiger partial charge is 0.507 e. The molecule has 0 spiro atoms. The Kier molecular flexibility index (Phi) is 3.76. The van der Waals surface area contributed by atoms with Gasteiger partial charge in [-0.25, -0.2) is 0 Å². The van der Waals surface area contributed by atoms with Gasteiger partial charge in [0.1, 0.15) is 5.75 Å². The molecule has 0 fully saturated rings. The zero-order chi connectivity index (χ0) is 11.4. The third-order valence-electron chi connectivity index (χ3n) is 2.19. The molecule has 0 saturated carbocycles. The molecule has 0 aromatic heterocycles. The lowest BCUT2D eigenvalue weighted by atomic mass is 10.1. The van der Waals surface area contributed by atoms with E-state index in [1.165, 1.54) is 20.3 Å². The fraction of sp³-hybridized carbons (Fsp3) is 0.400. The highest BCUT2D eigenvalue weighted by atomic mass is 16.5. The normalized spacial score (nSPS) is 12.3. The standard InChI is InChI=1S/C10H16N2O3/c1-14-9-3-6(7(12)5-11)8(13)4-10(9)15-2/h3-4,7,13H,5,11-12H2,1-2H3/t7-/m1/s1. The highest BCUT2D eigenvalue weighted by Crippen LogP contribution is 2.35. The Labute approximate surface area is 88.6 Å². The maximum Gasteiger partial charge on any atom is 0.164 e. The van der Waals surface area contributed by atoms with E-state index in [2.05, 4.69) is 0 Å². The molecule has 0 heterocycles. The van der Waals surface area contributed by atoms with Gasteiger partial charge in [-0.15, -0.1) is 0 Å². The molecule has 0 radical (unpaired) electrons. The van der Waals surface area contributed by atoms with Gasteiger partial charge in [0.2, 0.25) is 0 Å². The molecule has 1 atom stereocenters. The second kappa shape index (κ2) is 4.86. The zero-order valence-corrected chi connectivity index (χ0v) is 8.86. The molecule has 1 rings (SSSR count). The van der Waals surface area contributed by atoms with Crippen molar-refractivity contribution in [2.45, 2.75) is 6.04 Å². The van der Waals surface area contributed by atoms with E-state index < -0.39 is 6.04 Å². The van der Waals surface area contributed by atoms with Crippen LogP contribution in [0, 0.1) is 0 Å². The molecule has 1 aromatic rings. The molecular weight excluding hydrogens is 196 g/mol. The maximum absolute atomic E-state index is 9.67. The summed E-state index contributed by atoms with van der Waals surface area (Å²) in [7, 11) is 3.02. The second-order valence-corrected chi connectivity index (χ2v) is 3.11. The van der Waals surface area contributed by atoms with Crippen LogP contribution in [0.2, 0.25) is 0 Å². The van der Waals surface area contributed by atoms with Gasteiger partial charge < -0.3 is 26.0 Å². The molecule has 0 saturated heterocycles. The van der Waals surface area contributed by atoms with Crippen LogP contribution in [0.25, 0.3) is 0 Å². The Morgan fingerprint density at radius 2 is 1.80 bits per heavy atom. The molecule has 0 aliphatic heterocycles. The summed E-state index contributed by atoms with van der Waals surface area (Å²) in [5, 5.41) is 9.67. The van der Waals surface area contributed by atoms with Crippen LogP contribution in [0.4, 0.5) is 0 Å². The van der Waals surface area contributed by atoms with E-state index in [-0.39, 0.29) is 12.3 Å². The van der Waals surface area contributed by atoms with Crippen molar-refractivity contribution in [3.05, 3.63) is 17.7 Å². The number of rotatable bonds is 4. The highest BCUT2D eigenvalue weighted by Gasteiger charge is 2.14. The third kappa shape index (κ3) is 2.31. The summed E-state index contributed by atoms with van der Waals surface area (Å²) in [5.74, 6) is 1.04. The van der Waals surface area contributed by atoms with E-state index in [4.69, 9.17) is 20.9 Å².